The van der Waals surface area contributed by atoms with E-state index < -0.39 is 0 Å². The highest BCUT2D eigenvalue weighted by molar-refractivity contribution is 5.85. The van der Waals surface area contributed by atoms with Crippen molar-refractivity contribution in [1.29, 1.82) is 0 Å². The van der Waals surface area contributed by atoms with E-state index >= 15 is 0 Å². The minimum absolute atomic E-state index is 0.0204. The van der Waals surface area contributed by atoms with Crippen molar-refractivity contribution in [3.63, 3.8) is 0 Å². The first-order valence-electron chi connectivity index (χ1n) is 18.8. The molecule has 0 N–H and O–H groups in total. The highest BCUT2D eigenvalue weighted by Crippen LogP contribution is 2.50. The van der Waals surface area contributed by atoms with Crippen molar-refractivity contribution in [2.75, 3.05) is 0 Å². The second-order valence-electron chi connectivity index (χ2n) is 16.3. The largest absolute Gasteiger partial charge is 0.0587 e. The van der Waals surface area contributed by atoms with Gasteiger partial charge in [-0.2, -0.15) is 0 Å². The van der Waals surface area contributed by atoms with Crippen LogP contribution in [-0.2, 0) is 5.41 Å². The van der Waals surface area contributed by atoms with Crippen molar-refractivity contribution in [3.05, 3.63) is 165 Å². The lowest BCUT2D eigenvalue weighted by Gasteiger charge is -2.22. The molecule has 0 heteroatoms. The number of aryl methyl sites for hydroxylation is 6. The first-order valence-corrected chi connectivity index (χ1v) is 18.8. The Morgan fingerprint density at radius 2 is 0.706 bits per heavy atom. The fourth-order valence-electron chi connectivity index (χ4n) is 8.13. The van der Waals surface area contributed by atoms with Crippen molar-refractivity contribution < 1.29 is 0 Å². The van der Waals surface area contributed by atoms with Crippen LogP contribution in [0.3, 0.4) is 0 Å². The summed E-state index contributed by atoms with van der Waals surface area (Å²) in [5, 5.41) is 0. The summed E-state index contributed by atoms with van der Waals surface area (Å²) in [5.74, 6) is 1.01. The predicted molar refractivity (Wildman–Crippen MR) is 223 cm³/mol. The molecule has 6 aromatic rings. The smallest absolute Gasteiger partial charge is 0.0159 e. The first kappa shape index (κ1) is 36.1. The SMILES string of the molecule is Cc1ccc(-c2ccc(-c3ccc4c(c3)C(C)(C)c3cc(C)ccc3-4)cc2C(C)C)c(C)c1.Cc1ccc(-c2ccc(C)cc2C(C)C)c(C)c1. The van der Waals surface area contributed by atoms with Gasteiger partial charge in [-0.15, -0.1) is 0 Å². The minimum Gasteiger partial charge on any atom is -0.0587 e. The average Bonchev–Trinajstić information content (AvgIpc) is 3.30. The van der Waals surface area contributed by atoms with E-state index in [1.807, 2.05) is 0 Å². The zero-order valence-electron chi connectivity index (χ0n) is 33.0. The quantitative estimate of drug-likeness (QED) is 0.171. The lowest BCUT2D eigenvalue weighted by Crippen LogP contribution is -2.15. The molecule has 0 amide bonds. The number of benzene rings is 6. The standard InChI is InChI=1S/C33H34.C18H22/c1-20(2)30-18-24(10-14-27(30)26-12-8-21(3)16-23(26)5)25-11-15-29-28-13-9-22(4)17-31(28)33(6,7)32(29)19-25;1-12(2)18-11-14(4)7-9-17(18)16-8-6-13(3)10-15(16)5/h8-20H,1-7H3;6-12H,1-5H3. The fourth-order valence-corrected chi connectivity index (χ4v) is 8.13. The van der Waals surface area contributed by atoms with Gasteiger partial charge >= 0.3 is 0 Å². The van der Waals surface area contributed by atoms with E-state index in [0.717, 1.165) is 0 Å². The van der Waals surface area contributed by atoms with Gasteiger partial charge in [-0.25, -0.2) is 0 Å². The molecule has 0 saturated heterocycles. The molecule has 6 aromatic carbocycles. The van der Waals surface area contributed by atoms with Gasteiger partial charge in [0, 0.05) is 5.41 Å². The Hall–Kier alpha value is -4.68. The average molecular weight is 669 g/mol. The van der Waals surface area contributed by atoms with Gasteiger partial charge in [0.2, 0.25) is 0 Å². The molecule has 7 rings (SSSR count). The van der Waals surface area contributed by atoms with Crippen molar-refractivity contribution in [3.8, 4) is 44.5 Å². The van der Waals surface area contributed by atoms with Crippen LogP contribution in [0.5, 0.6) is 0 Å². The molecule has 0 radical (unpaired) electrons. The van der Waals surface area contributed by atoms with E-state index in [1.54, 1.807) is 0 Å². The van der Waals surface area contributed by atoms with Gasteiger partial charge in [0.1, 0.15) is 0 Å². The molecule has 0 fully saturated rings. The van der Waals surface area contributed by atoms with Crippen molar-refractivity contribution in [1.82, 2.24) is 0 Å². The summed E-state index contributed by atoms with van der Waals surface area (Å²) < 4.78 is 0. The number of hydrogen-bond acceptors (Lipinski definition) is 0. The molecule has 0 aromatic heterocycles. The Morgan fingerprint density at radius 1 is 0.353 bits per heavy atom. The van der Waals surface area contributed by atoms with Crippen LogP contribution in [0.1, 0.15) is 109 Å². The van der Waals surface area contributed by atoms with E-state index in [2.05, 4.69) is 192 Å². The summed E-state index contributed by atoms with van der Waals surface area (Å²) in [5.41, 5.74) is 24.6. The zero-order valence-corrected chi connectivity index (χ0v) is 33.0. The zero-order chi connectivity index (χ0) is 36.8. The number of fused-ring (bicyclic) bond motifs is 3. The third-order valence-electron chi connectivity index (χ3n) is 11.0. The number of rotatable bonds is 5. The maximum atomic E-state index is 2.43. The van der Waals surface area contributed by atoms with E-state index in [0.29, 0.717) is 11.8 Å². The Kier molecular flexibility index (Phi) is 10.0. The van der Waals surface area contributed by atoms with Crippen LogP contribution < -0.4 is 0 Å². The van der Waals surface area contributed by atoms with Gasteiger partial charge < -0.3 is 0 Å². The topological polar surface area (TPSA) is 0 Å². The van der Waals surface area contributed by atoms with Crippen LogP contribution in [0.15, 0.2) is 109 Å². The molecule has 0 atom stereocenters. The van der Waals surface area contributed by atoms with Crippen molar-refractivity contribution in [2.45, 2.75) is 100 Å². The van der Waals surface area contributed by atoms with Gasteiger partial charge in [0.25, 0.3) is 0 Å². The van der Waals surface area contributed by atoms with Crippen LogP contribution in [0.4, 0.5) is 0 Å². The maximum absolute atomic E-state index is 2.43. The molecule has 0 heterocycles. The second kappa shape index (κ2) is 14.1. The lowest BCUT2D eigenvalue weighted by atomic mass is 9.81. The summed E-state index contributed by atoms with van der Waals surface area (Å²) in [7, 11) is 0. The van der Waals surface area contributed by atoms with Crippen LogP contribution in [-0.4, -0.2) is 0 Å². The van der Waals surface area contributed by atoms with Gasteiger partial charge in [-0.05, 0) is 137 Å². The molecule has 1 aliphatic rings. The summed E-state index contributed by atoms with van der Waals surface area (Å²) in [6.07, 6.45) is 0. The van der Waals surface area contributed by atoms with Crippen molar-refractivity contribution in [2.24, 2.45) is 0 Å². The summed E-state index contributed by atoms with van der Waals surface area (Å²) >= 11 is 0. The molecule has 51 heavy (non-hydrogen) atoms. The Morgan fingerprint density at radius 3 is 1.20 bits per heavy atom. The van der Waals surface area contributed by atoms with Crippen LogP contribution in [0.2, 0.25) is 0 Å². The minimum atomic E-state index is 0.0204. The fraction of sp³-hybridized carbons (Fsp3) is 0.294. The molecule has 0 aliphatic heterocycles. The highest BCUT2D eigenvalue weighted by atomic mass is 14.4. The Bertz CT molecular complexity index is 2240. The Labute approximate surface area is 308 Å². The molecule has 0 saturated carbocycles. The third-order valence-corrected chi connectivity index (χ3v) is 11.0. The summed E-state index contributed by atoms with van der Waals surface area (Å²) in [6.45, 7) is 27.0. The predicted octanol–water partition coefficient (Wildman–Crippen LogP) is 14.8. The van der Waals surface area contributed by atoms with Crippen LogP contribution in [0.25, 0.3) is 44.5 Å². The van der Waals surface area contributed by atoms with Crippen LogP contribution >= 0.6 is 0 Å². The molecule has 0 spiro atoms. The lowest BCUT2D eigenvalue weighted by molar-refractivity contribution is 0.660. The van der Waals surface area contributed by atoms with E-state index in [1.165, 1.54) is 100 Å². The maximum Gasteiger partial charge on any atom is 0.0159 e. The van der Waals surface area contributed by atoms with Crippen molar-refractivity contribution >= 4 is 0 Å². The second-order valence-corrected chi connectivity index (χ2v) is 16.3. The molecular formula is C51H56. The van der Waals surface area contributed by atoms with Gasteiger partial charge in [0.15, 0.2) is 0 Å². The molecule has 0 nitrogen and oxygen atoms in total. The van der Waals surface area contributed by atoms with Gasteiger partial charge in [0.05, 0.1) is 0 Å². The molecule has 0 bridgehead atoms. The number of hydrogen-bond donors (Lipinski definition) is 0. The van der Waals surface area contributed by atoms with Gasteiger partial charge in [-0.3, -0.25) is 0 Å². The highest BCUT2D eigenvalue weighted by Gasteiger charge is 2.35. The molecule has 1 aliphatic carbocycles. The molecular weight excluding hydrogens is 613 g/mol. The molecule has 0 unspecified atom stereocenters. The monoisotopic (exact) mass is 668 g/mol. The van der Waals surface area contributed by atoms with E-state index in [4.69, 9.17) is 0 Å². The van der Waals surface area contributed by atoms with E-state index in [-0.39, 0.29) is 5.41 Å². The summed E-state index contributed by atoms with van der Waals surface area (Å²) in [6, 6.07) is 41.3. The first-order chi connectivity index (χ1) is 24.1. The van der Waals surface area contributed by atoms with E-state index in [9.17, 15) is 0 Å². The van der Waals surface area contributed by atoms with Gasteiger partial charge in [-0.1, -0.05) is 167 Å². The van der Waals surface area contributed by atoms with Crippen LogP contribution in [0, 0.1) is 41.5 Å². The third kappa shape index (κ3) is 7.12. The Balaban J connectivity index is 0.000000211. The summed E-state index contributed by atoms with van der Waals surface area (Å²) in [4.78, 5) is 0. The normalized spacial score (nSPS) is 12.8. The molecule has 260 valence electrons.